The predicted molar refractivity (Wildman–Crippen MR) is 155 cm³/mol. The summed E-state index contributed by atoms with van der Waals surface area (Å²) in [5.74, 6) is -1.06. The van der Waals surface area contributed by atoms with Crippen molar-refractivity contribution in [2.75, 3.05) is 22.9 Å². The second-order valence-electron chi connectivity index (χ2n) is 9.77. The van der Waals surface area contributed by atoms with Crippen LogP contribution in [-0.2, 0) is 15.8 Å². The Morgan fingerprint density at radius 3 is 2.57 bits per heavy atom. The van der Waals surface area contributed by atoms with Crippen molar-refractivity contribution in [2.24, 2.45) is 10.2 Å². The quantitative estimate of drug-likeness (QED) is 0.0996. The molecule has 10 nitrogen and oxygen atoms in total. The van der Waals surface area contributed by atoms with Gasteiger partial charge in [-0.1, -0.05) is 18.6 Å². The van der Waals surface area contributed by atoms with Gasteiger partial charge in [-0.2, -0.15) is 18.3 Å². The fourth-order valence-electron chi connectivity index (χ4n) is 4.52. The summed E-state index contributed by atoms with van der Waals surface area (Å²) in [6, 6.07) is 9.94. The number of aromatic amines is 1. The first-order valence-electron chi connectivity index (χ1n) is 13.2. The maximum atomic E-state index is 13.0. The Balaban J connectivity index is 1.28. The fraction of sp³-hybridized carbons (Fsp3) is 0.276. The third-order valence-electron chi connectivity index (χ3n) is 6.71. The number of hydrogen-bond donors (Lipinski definition) is 5. The van der Waals surface area contributed by atoms with Gasteiger partial charge in [0.2, 0.25) is 5.91 Å². The lowest BCUT2D eigenvalue weighted by molar-refractivity contribution is -0.137. The van der Waals surface area contributed by atoms with Gasteiger partial charge in [0.25, 0.3) is 11.8 Å². The van der Waals surface area contributed by atoms with Crippen LogP contribution in [0.1, 0.15) is 64.1 Å². The van der Waals surface area contributed by atoms with E-state index in [2.05, 4.69) is 31.1 Å². The van der Waals surface area contributed by atoms with E-state index in [-0.39, 0.29) is 28.8 Å². The van der Waals surface area contributed by atoms with E-state index < -0.39 is 17.6 Å². The van der Waals surface area contributed by atoms with Gasteiger partial charge in [-0.3, -0.25) is 14.4 Å². The molecule has 2 heterocycles. The number of amides is 3. The number of carbonyl (C=O) groups is 3. The number of alkyl halides is 3. The number of halogens is 3. The van der Waals surface area contributed by atoms with Crippen molar-refractivity contribution in [1.29, 1.82) is 0 Å². The average molecular weight is 582 g/mol. The van der Waals surface area contributed by atoms with Crippen LogP contribution in [0.4, 0.5) is 30.2 Å². The molecule has 0 radical (unpaired) electrons. The number of para-hydroxylation sites is 2. The Morgan fingerprint density at radius 1 is 1.07 bits per heavy atom. The molecule has 4 rings (SSSR count). The number of carbonyl (C=O) groups excluding carboxylic acids is 3. The van der Waals surface area contributed by atoms with Crippen molar-refractivity contribution in [1.82, 2.24) is 10.3 Å². The van der Waals surface area contributed by atoms with Crippen LogP contribution in [0.3, 0.4) is 0 Å². The highest BCUT2D eigenvalue weighted by atomic mass is 19.4. The zero-order valence-electron chi connectivity index (χ0n) is 23.0. The number of anilines is 3. The lowest BCUT2D eigenvalue weighted by Crippen LogP contribution is -2.25. The lowest BCUT2D eigenvalue weighted by Gasteiger charge is -2.08. The van der Waals surface area contributed by atoms with Crippen LogP contribution < -0.4 is 21.7 Å². The third kappa shape index (κ3) is 7.03. The molecule has 0 spiro atoms. The van der Waals surface area contributed by atoms with Crippen LogP contribution in [-0.4, -0.2) is 41.2 Å². The number of nitrogen functional groups attached to an aromatic ring is 1. The zero-order chi connectivity index (χ0) is 30.4. The molecule has 13 heteroatoms. The van der Waals surface area contributed by atoms with Gasteiger partial charge < -0.3 is 26.7 Å². The third-order valence-corrected chi connectivity index (χ3v) is 6.71. The minimum absolute atomic E-state index is 0.00951. The summed E-state index contributed by atoms with van der Waals surface area (Å²) >= 11 is 0. The van der Waals surface area contributed by atoms with Gasteiger partial charge in [-0.25, -0.2) is 0 Å². The summed E-state index contributed by atoms with van der Waals surface area (Å²) in [5, 5.41) is 15.9. The maximum absolute atomic E-state index is 13.0. The van der Waals surface area contributed by atoms with E-state index in [0.29, 0.717) is 59.7 Å². The number of fused-ring (bicyclic) bond motifs is 1. The SMILES string of the molecule is Cc1[nH]c(/C=N/N=C2\C(=O)Nc3cc(C(F)(F)F)ccc32)c(C)c1C(=O)NCCCCCC(=O)Nc1ccccc1N. The number of hydrogen-bond acceptors (Lipinski definition) is 6. The van der Waals surface area contributed by atoms with Gasteiger partial charge in [-0.05, 0) is 62.6 Å². The van der Waals surface area contributed by atoms with E-state index in [1.165, 1.54) is 12.3 Å². The summed E-state index contributed by atoms with van der Waals surface area (Å²) in [6.45, 7) is 3.90. The molecule has 0 aliphatic carbocycles. The summed E-state index contributed by atoms with van der Waals surface area (Å²) in [7, 11) is 0. The average Bonchev–Trinajstić information content (AvgIpc) is 3.40. The molecule has 3 aromatic rings. The first-order chi connectivity index (χ1) is 20.0. The Hall–Kier alpha value is -4.94. The fourth-order valence-corrected chi connectivity index (χ4v) is 4.52. The Kier molecular flexibility index (Phi) is 9.09. The van der Waals surface area contributed by atoms with Crippen LogP contribution in [0.15, 0.2) is 52.7 Å². The summed E-state index contributed by atoms with van der Waals surface area (Å²) in [6.07, 6.45) is -0.764. The number of unbranched alkanes of at least 4 members (excludes halogenated alkanes) is 2. The number of aryl methyl sites for hydroxylation is 1. The highest BCUT2D eigenvalue weighted by molar-refractivity contribution is 6.53. The molecule has 1 aromatic heterocycles. The molecule has 1 aliphatic heterocycles. The normalized spacial score (nSPS) is 13.8. The van der Waals surface area contributed by atoms with Gasteiger partial charge in [0, 0.05) is 24.2 Å². The van der Waals surface area contributed by atoms with Crippen LogP contribution in [0.2, 0.25) is 0 Å². The molecule has 6 N–H and O–H groups in total. The Bertz CT molecular complexity index is 1570. The van der Waals surface area contributed by atoms with Gasteiger partial charge in [0.05, 0.1) is 40.1 Å². The monoisotopic (exact) mass is 581 g/mol. The first kappa shape index (κ1) is 30.0. The minimum Gasteiger partial charge on any atom is -0.397 e. The molecule has 0 bridgehead atoms. The molecule has 2 aromatic carbocycles. The number of nitrogens with one attached hydrogen (secondary N) is 4. The van der Waals surface area contributed by atoms with E-state index in [1.54, 1.807) is 38.1 Å². The molecule has 0 unspecified atom stereocenters. The van der Waals surface area contributed by atoms with Crippen LogP contribution in [0.5, 0.6) is 0 Å². The summed E-state index contributed by atoms with van der Waals surface area (Å²) in [5.41, 5.74) is 8.33. The van der Waals surface area contributed by atoms with Gasteiger partial charge in [0.1, 0.15) is 0 Å². The van der Waals surface area contributed by atoms with Crippen molar-refractivity contribution in [3.63, 3.8) is 0 Å². The molecular formula is C29H30F3N7O3. The molecule has 1 aliphatic rings. The van der Waals surface area contributed by atoms with E-state index in [9.17, 15) is 27.6 Å². The molecule has 0 saturated heterocycles. The van der Waals surface area contributed by atoms with E-state index in [1.807, 2.05) is 0 Å². The second kappa shape index (κ2) is 12.7. The van der Waals surface area contributed by atoms with Crippen molar-refractivity contribution >= 4 is 46.7 Å². The van der Waals surface area contributed by atoms with Crippen LogP contribution >= 0.6 is 0 Å². The molecule has 3 amide bonds. The van der Waals surface area contributed by atoms with Gasteiger partial charge in [-0.15, -0.1) is 5.10 Å². The van der Waals surface area contributed by atoms with Crippen LogP contribution in [0.25, 0.3) is 0 Å². The summed E-state index contributed by atoms with van der Waals surface area (Å²) in [4.78, 5) is 40.3. The molecule has 42 heavy (non-hydrogen) atoms. The van der Waals surface area contributed by atoms with Gasteiger partial charge >= 0.3 is 6.18 Å². The minimum atomic E-state index is -4.54. The number of H-pyrrole nitrogens is 1. The van der Waals surface area contributed by atoms with E-state index in [4.69, 9.17) is 5.73 Å². The number of benzene rings is 2. The Labute approximate surface area is 239 Å². The number of nitrogens with two attached hydrogens (primary N) is 1. The lowest BCUT2D eigenvalue weighted by atomic mass is 10.1. The topological polar surface area (TPSA) is 154 Å². The Morgan fingerprint density at radius 2 is 1.83 bits per heavy atom. The zero-order valence-corrected chi connectivity index (χ0v) is 23.0. The molecule has 0 atom stereocenters. The van der Waals surface area contributed by atoms with Gasteiger partial charge in [0.15, 0.2) is 5.71 Å². The molecule has 0 fully saturated rings. The molecule has 220 valence electrons. The van der Waals surface area contributed by atoms with Crippen molar-refractivity contribution in [2.45, 2.75) is 45.7 Å². The van der Waals surface area contributed by atoms with Crippen LogP contribution in [0, 0.1) is 13.8 Å². The molecule has 0 saturated carbocycles. The molecular weight excluding hydrogens is 551 g/mol. The summed E-state index contributed by atoms with van der Waals surface area (Å²) < 4.78 is 38.9. The van der Waals surface area contributed by atoms with Crippen molar-refractivity contribution in [3.8, 4) is 0 Å². The number of aromatic nitrogens is 1. The predicted octanol–water partition coefficient (Wildman–Crippen LogP) is 4.94. The maximum Gasteiger partial charge on any atom is 0.416 e. The standard InChI is InChI=1S/C29H30F3N7O3/c1-16-23(15-35-39-26-19-12-11-18(29(30,31)32)14-22(19)38-28(26)42)36-17(2)25(16)27(41)34-13-7-3-4-10-24(40)37-21-9-6-5-8-20(21)33/h5-6,8-9,11-12,14-15,36H,3-4,7,10,13,33H2,1-2H3,(H,34,41)(H,37,40)(H,38,39,42)/b35-15+. The van der Waals surface area contributed by atoms with Crippen molar-refractivity contribution in [3.05, 3.63) is 76.1 Å². The first-order valence-corrected chi connectivity index (χ1v) is 13.2. The van der Waals surface area contributed by atoms with Crippen molar-refractivity contribution < 1.29 is 27.6 Å². The van der Waals surface area contributed by atoms with E-state index in [0.717, 1.165) is 18.6 Å². The highest BCUT2D eigenvalue weighted by Gasteiger charge is 2.34. The second-order valence-corrected chi connectivity index (χ2v) is 9.77. The number of rotatable bonds is 10. The largest absolute Gasteiger partial charge is 0.416 e. The van der Waals surface area contributed by atoms with E-state index >= 15 is 0 Å². The smallest absolute Gasteiger partial charge is 0.397 e. The highest BCUT2D eigenvalue weighted by Crippen LogP contribution is 2.34. The number of nitrogens with zero attached hydrogens (tertiary/aromatic N) is 2.